The van der Waals surface area contributed by atoms with Crippen LogP contribution < -0.4 is 3.58 Å². The summed E-state index contributed by atoms with van der Waals surface area (Å²) in [6.07, 6.45) is 0. The molecule has 0 bridgehead atoms. The third-order valence-electron chi connectivity index (χ3n) is 1.04. The van der Waals surface area contributed by atoms with Gasteiger partial charge in [-0.1, -0.05) is 0 Å². The second-order valence-corrected chi connectivity index (χ2v) is 8.86. The average molecular weight is 290 g/mol. The molecule has 0 saturated heterocycles. The Kier molecular flexibility index (Phi) is 3.66. The van der Waals surface area contributed by atoms with Crippen LogP contribution in [0.2, 0.25) is 0 Å². The van der Waals surface area contributed by atoms with Crippen molar-refractivity contribution >= 4 is 40.7 Å². The Morgan fingerprint density at radius 3 is 2.44 bits per heavy atom. The van der Waals surface area contributed by atoms with E-state index in [-0.39, 0.29) is 21.1 Å². The van der Waals surface area contributed by atoms with E-state index in [1.807, 2.05) is 0 Å². The maximum absolute atomic E-state index is 3.46. The van der Waals surface area contributed by atoms with Gasteiger partial charge < -0.3 is 0 Å². The van der Waals surface area contributed by atoms with Crippen molar-refractivity contribution in [1.82, 2.24) is 0 Å². The monoisotopic (exact) mass is 290 g/mol. The van der Waals surface area contributed by atoms with Crippen molar-refractivity contribution in [3.63, 3.8) is 0 Å². The molecule has 0 heterocycles. The first-order valence-electron chi connectivity index (χ1n) is 2.78. The van der Waals surface area contributed by atoms with Crippen LogP contribution in [0.4, 0.5) is 0 Å². The van der Waals surface area contributed by atoms with Crippen LogP contribution in [-0.2, 0) is 0 Å². The Bertz CT molecular complexity index is 162. The van der Waals surface area contributed by atoms with Crippen molar-refractivity contribution in [3.05, 3.63) is 30.3 Å². The summed E-state index contributed by atoms with van der Waals surface area (Å²) in [6, 6.07) is 10.7. The molecule has 0 N–H and O–H groups in total. The molecule has 0 unspecified atom stereocenters. The van der Waals surface area contributed by atoms with Gasteiger partial charge in [0.1, 0.15) is 0 Å². The van der Waals surface area contributed by atoms with Crippen LogP contribution in [0, 0.1) is 0 Å². The molecule has 2 heteroatoms. The summed E-state index contributed by atoms with van der Waals surface area (Å²) in [7, 11) is 0. The van der Waals surface area contributed by atoms with Crippen LogP contribution in [-0.4, -0.2) is 24.5 Å². The third-order valence-corrected chi connectivity index (χ3v) is 5.42. The molecule has 0 atom stereocenters. The molecular formula is C7H7BrSn. The molecule has 9 heavy (non-hydrogen) atoms. The Morgan fingerprint density at radius 1 is 1.22 bits per heavy atom. The van der Waals surface area contributed by atoms with E-state index >= 15 is 0 Å². The predicted octanol–water partition coefficient (Wildman–Crippen LogP) is 1.37. The SMILES string of the molecule is Br[CH2][Sn][c]1ccccc1. The summed E-state index contributed by atoms with van der Waals surface area (Å²) in [5.41, 5.74) is 0. The zero-order valence-electron chi connectivity index (χ0n) is 4.97. The van der Waals surface area contributed by atoms with Crippen molar-refractivity contribution in [1.29, 1.82) is 0 Å². The summed E-state index contributed by atoms with van der Waals surface area (Å²) in [6.45, 7) is 0. The summed E-state index contributed by atoms with van der Waals surface area (Å²) in [4.78, 5) is 0. The maximum atomic E-state index is 3.46. The van der Waals surface area contributed by atoms with Gasteiger partial charge in [-0.2, -0.15) is 0 Å². The van der Waals surface area contributed by atoms with Crippen molar-refractivity contribution in [2.75, 3.05) is 3.35 Å². The topological polar surface area (TPSA) is 0 Å². The zero-order valence-corrected chi connectivity index (χ0v) is 9.41. The van der Waals surface area contributed by atoms with Gasteiger partial charge in [0, 0.05) is 0 Å². The van der Waals surface area contributed by atoms with Crippen molar-refractivity contribution in [2.24, 2.45) is 0 Å². The zero-order chi connectivity index (χ0) is 6.53. The molecule has 0 saturated carbocycles. The van der Waals surface area contributed by atoms with Gasteiger partial charge >= 0.3 is 74.3 Å². The number of halogens is 1. The fourth-order valence-electron chi connectivity index (χ4n) is 0.633. The summed E-state index contributed by atoms with van der Waals surface area (Å²) in [5.74, 6) is 0. The Balaban J connectivity index is 2.61. The first-order chi connectivity index (χ1) is 4.43. The molecule has 0 aliphatic heterocycles. The van der Waals surface area contributed by atoms with Crippen LogP contribution in [0.15, 0.2) is 30.3 Å². The van der Waals surface area contributed by atoms with Gasteiger partial charge in [0.05, 0.1) is 0 Å². The average Bonchev–Trinajstić information content (AvgIpc) is 1.91. The van der Waals surface area contributed by atoms with Gasteiger partial charge in [0.15, 0.2) is 0 Å². The molecule has 1 aromatic carbocycles. The van der Waals surface area contributed by atoms with Gasteiger partial charge in [-0.05, 0) is 0 Å². The molecule has 0 spiro atoms. The van der Waals surface area contributed by atoms with Gasteiger partial charge in [0.25, 0.3) is 0 Å². The summed E-state index contributed by atoms with van der Waals surface area (Å²) < 4.78 is 2.79. The van der Waals surface area contributed by atoms with Crippen molar-refractivity contribution in [3.8, 4) is 0 Å². The third kappa shape index (κ3) is 2.71. The molecule has 0 nitrogen and oxygen atoms in total. The Hall–Kier alpha value is 0.499. The molecule has 0 fully saturated rings. The van der Waals surface area contributed by atoms with Crippen LogP contribution in [0.25, 0.3) is 0 Å². The minimum absolute atomic E-state index is 0.233. The molecule has 0 aromatic heterocycles. The van der Waals surface area contributed by atoms with Crippen LogP contribution in [0.3, 0.4) is 0 Å². The Morgan fingerprint density at radius 2 is 1.89 bits per heavy atom. The molecule has 0 aliphatic carbocycles. The number of benzene rings is 1. The summed E-state index contributed by atoms with van der Waals surface area (Å²) >= 11 is 3.23. The molecule has 1 aromatic rings. The molecule has 46 valence electrons. The minimum atomic E-state index is -0.233. The standard InChI is InChI=1S/C6H5.CH2Br.Sn/c1-2-4-6-5-3-1;1-2;/h1-5H;1H2;. The van der Waals surface area contributed by atoms with Gasteiger partial charge in [-0.25, -0.2) is 0 Å². The number of hydrogen-bond donors (Lipinski definition) is 0. The van der Waals surface area contributed by atoms with Crippen molar-refractivity contribution in [2.45, 2.75) is 0 Å². The van der Waals surface area contributed by atoms with E-state index in [2.05, 4.69) is 46.3 Å². The fraction of sp³-hybridized carbons (Fsp3) is 0.143. The second kappa shape index (κ2) is 4.34. The molecular weight excluding hydrogens is 283 g/mol. The van der Waals surface area contributed by atoms with Crippen molar-refractivity contribution < 1.29 is 0 Å². The van der Waals surface area contributed by atoms with E-state index < -0.39 is 0 Å². The van der Waals surface area contributed by atoms with Gasteiger partial charge in [-0.3, -0.25) is 0 Å². The van der Waals surface area contributed by atoms with Crippen LogP contribution in [0.1, 0.15) is 0 Å². The first-order valence-corrected chi connectivity index (χ1v) is 7.35. The predicted molar refractivity (Wildman–Crippen MR) is 45.6 cm³/mol. The fourth-order valence-corrected chi connectivity index (χ4v) is 4.47. The normalized spacial score (nSPS) is 9.44. The molecule has 2 radical (unpaired) electrons. The number of hydrogen-bond acceptors (Lipinski definition) is 0. The van der Waals surface area contributed by atoms with Gasteiger partial charge in [0.2, 0.25) is 0 Å². The van der Waals surface area contributed by atoms with E-state index in [1.54, 1.807) is 3.58 Å². The van der Waals surface area contributed by atoms with E-state index in [4.69, 9.17) is 0 Å². The molecule has 0 aliphatic rings. The Labute approximate surface area is 74.0 Å². The number of rotatable bonds is 2. The molecule has 1 rings (SSSR count). The summed E-state index contributed by atoms with van der Waals surface area (Å²) in [5, 5.41) is 0. The molecule has 0 amide bonds. The second-order valence-electron chi connectivity index (χ2n) is 1.68. The quantitative estimate of drug-likeness (QED) is 0.570. The van der Waals surface area contributed by atoms with E-state index in [0.717, 1.165) is 0 Å². The van der Waals surface area contributed by atoms with Gasteiger partial charge in [-0.15, -0.1) is 0 Å². The van der Waals surface area contributed by atoms with E-state index in [9.17, 15) is 0 Å². The van der Waals surface area contributed by atoms with E-state index in [1.165, 1.54) is 3.35 Å². The van der Waals surface area contributed by atoms with Crippen LogP contribution in [0.5, 0.6) is 0 Å². The van der Waals surface area contributed by atoms with Crippen LogP contribution >= 0.6 is 15.9 Å². The first kappa shape index (κ1) is 7.60. The number of alkyl halides is 1. The van der Waals surface area contributed by atoms with E-state index in [0.29, 0.717) is 0 Å².